The highest BCUT2D eigenvalue weighted by Crippen LogP contribution is 2.23. The van der Waals surface area contributed by atoms with E-state index in [1.807, 2.05) is 23.1 Å². The fourth-order valence-electron chi connectivity index (χ4n) is 3.87. The van der Waals surface area contributed by atoms with Gasteiger partial charge in [-0.3, -0.25) is 4.79 Å². The zero-order chi connectivity index (χ0) is 17.6. The Balaban J connectivity index is 0.00000243. The molecule has 0 spiro atoms. The van der Waals surface area contributed by atoms with Crippen LogP contribution in [0.15, 0.2) is 24.3 Å². The van der Waals surface area contributed by atoms with Gasteiger partial charge in [0, 0.05) is 31.7 Å². The number of carbonyl (C=O) groups excluding carboxylic acids is 1. The predicted octanol–water partition coefficient (Wildman–Crippen LogP) is 3.01. The number of halogens is 1. The van der Waals surface area contributed by atoms with Crippen LogP contribution < -0.4 is 10.1 Å². The van der Waals surface area contributed by atoms with Crippen molar-refractivity contribution in [3.05, 3.63) is 29.8 Å². The van der Waals surface area contributed by atoms with Gasteiger partial charge in [0.05, 0.1) is 13.2 Å². The van der Waals surface area contributed by atoms with Crippen LogP contribution in [0.3, 0.4) is 0 Å². The molecule has 6 heteroatoms. The van der Waals surface area contributed by atoms with Gasteiger partial charge in [-0.15, -0.1) is 12.4 Å². The summed E-state index contributed by atoms with van der Waals surface area (Å²) in [4.78, 5) is 15.2. The maximum absolute atomic E-state index is 13.2. The fraction of sp³-hybridized carbons (Fsp3) is 0.650. The Labute approximate surface area is 162 Å². The van der Waals surface area contributed by atoms with E-state index in [1.165, 1.54) is 0 Å². The SMILES string of the molecule is COc1cccc(CN(CC2CCCO2)C(=O)[C@H]2CCN[C@@H](C)C2)c1.Cl. The lowest BCUT2D eigenvalue weighted by Crippen LogP contribution is -2.45. The first-order valence-corrected chi connectivity index (χ1v) is 9.42. The van der Waals surface area contributed by atoms with E-state index >= 15 is 0 Å². The monoisotopic (exact) mass is 382 g/mol. The highest BCUT2D eigenvalue weighted by molar-refractivity contribution is 5.85. The van der Waals surface area contributed by atoms with Crippen molar-refractivity contribution in [3.63, 3.8) is 0 Å². The smallest absolute Gasteiger partial charge is 0.226 e. The zero-order valence-corrected chi connectivity index (χ0v) is 16.6. The van der Waals surface area contributed by atoms with Crippen molar-refractivity contribution in [1.29, 1.82) is 0 Å². The summed E-state index contributed by atoms with van der Waals surface area (Å²) in [5.74, 6) is 1.22. The lowest BCUT2D eigenvalue weighted by Gasteiger charge is -2.33. The summed E-state index contributed by atoms with van der Waals surface area (Å²) in [7, 11) is 1.67. The van der Waals surface area contributed by atoms with Gasteiger partial charge in [0.15, 0.2) is 0 Å². The molecule has 3 rings (SSSR count). The summed E-state index contributed by atoms with van der Waals surface area (Å²) < 4.78 is 11.1. The van der Waals surface area contributed by atoms with Gasteiger partial charge in [0.1, 0.15) is 5.75 Å². The quantitative estimate of drug-likeness (QED) is 0.821. The van der Waals surface area contributed by atoms with E-state index in [9.17, 15) is 4.79 Å². The van der Waals surface area contributed by atoms with Gasteiger partial charge in [-0.05, 0) is 56.8 Å². The molecule has 3 atom stereocenters. The Hall–Kier alpha value is -1.30. The van der Waals surface area contributed by atoms with E-state index < -0.39 is 0 Å². The molecular formula is C20H31ClN2O3. The molecule has 2 aliphatic heterocycles. The number of rotatable bonds is 6. The molecule has 1 amide bonds. The molecule has 0 radical (unpaired) electrons. The fourth-order valence-corrected chi connectivity index (χ4v) is 3.87. The molecular weight excluding hydrogens is 352 g/mol. The molecule has 26 heavy (non-hydrogen) atoms. The molecule has 2 heterocycles. The molecule has 1 aromatic carbocycles. The standard InChI is InChI=1S/C20H30N2O3.ClH/c1-15-11-17(8-9-21-15)20(23)22(14-19-7-4-10-25-19)13-16-5-3-6-18(12-16)24-2;/h3,5-6,12,15,17,19,21H,4,7-11,13-14H2,1-2H3;1H/t15-,17-,19?;/m0./s1. The molecule has 0 aromatic heterocycles. The van der Waals surface area contributed by atoms with Gasteiger partial charge >= 0.3 is 0 Å². The summed E-state index contributed by atoms with van der Waals surface area (Å²) in [5, 5.41) is 3.43. The number of hydrogen-bond donors (Lipinski definition) is 1. The minimum atomic E-state index is 0. The predicted molar refractivity (Wildman–Crippen MR) is 105 cm³/mol. The molecule has 0 saturated carbocycles. The van der Waals surface area contributed by atoms with Gasteiger partial charge in [-0.25, -0.2) is 0 Å². The van der Waals surface area contributed by atoms with Crippen molar-refractivity contribution in [3.8, 4) is 5.75 Å². The molecule has 2 fully saturated rings. The largest absolute Gasteiger partial charge is 0.497 e. The molecule has 1 unspecified atom stereocenters. The Bertz CT molecular complexity index is 578. The van der Waals surface area contributed by atoms with E-state index in [0.29, 0.717) is 19.1 Å². The second-order valence-corrected chi connectivity index (χ2v) is 7.28. The first-order valence-electron chi connectivity index (χ1n) is 9.42. The van der Waals surface area contributed by atoms with E-state index in [-0.39, 0.29) is 30.3 Å². The van der Waals surface area contributed by atoms with Crippen LogP contribution in [0, 0.1) is 5.92 Å². The molecule has 5 nitrogen and oxygen atoms in total. The van der Waals surface area contributed by atoms with Crippen molar-refractivity contribution in [2.45, 2.75) is 51.3 Å². The van der Waals surface area contributed by atoms with Crippen molar-refractivity contribution in [2.75, 3.05) is 26.8 Å². The Morgan fingerprint density at radius 2 is 2.23 bits per heavy atom. The number of carbonyl (C=O) groups is 1. The Kier molecular flexibility index (Phi) is 8.19. The van der Waals surface area contributed by atoms with Crippen molar-refractivity contribution in [2.24, 2.45) is 5.92 Å². The maximum atomic E-state index is 13.2. The average molecular weight is 383 g/mol. The molecule has 2 aliphatic rings. The van der Waals surface area contributed by atoms with Crippen LogP contribution in [0.2, 0.25) is 0 Å². The van der Waals surface area contributed by atoms with Crippen molar-refractivity contribution < 1.29 is 14.3 Å². The molecule has 0 aliphatic carbocycles. The molecule has 1 aromatic rings. The molecule has 1 N–H and O–H groups in total. The van der Waals surface area contributed by atoms with Gasteiger partial charge in [-0.2, -0.15) is 0 Å². The summed E-state index contributed by atoms with van der Waals surface area (Å²) in [6.07, 6.45) is 4.15. The first-order chi connectivity index (χ1) is 12.2. The van der Waals surface area contributed by atoms with Crippen molar-refractivity contribution in [1.82, 2.24) is 10.2 Å². The molecule has 0 bridgehead atoms. The van der Waals surface area contributed by atoms with E-state index in [2.05, 4.69) is 18.3 Å². The summed E-state index contributed by atoms with van der Waals surface area (Å²) in [6.45, 7) is 5.20. The lowest BCUT2D eigenvalue weighted by atomic mass is 9.91. The van der Waals surface area contributed by atoms with E-state index in [0.717, 1.165) is 50.1 Å². The number of hydrogen-bond acceptors (Lipinski definition) is 4. The third kappa shape index (κ3) is 5.60. The van der Waals surface area contributed by atoms with E-state index in [4.69, 9.17) is 9.47 Å². The number of methoxy groups -OCH3 is 1. The third-order valence-corrected chi connectivity index (χ3v) is 5.24. The normalized spacial score (nSPS) is 25.4. The number of nitrogens with zero attached hydrogens (tertiary/aromatic N) is 1. The first kappa shape index (κ1) is 21.0. The van der Waals surface area contributed by atoms with Crippen LogP contribution in [0.4, 0.5) is 0 Å². The third-order valence-electron chi connectivity index (χ3n) is 5.24. The Morgan fingerprint density at radius 1 is 1.38 bits per heavy atom. The highest BCUT2D eigenvalue weighted by atomic mass is 35.5. The second-order valence-electron chi connectivity index (χ2n) is 7.28. The van der Waals surface area contributed by atoms with Gasteiger partial charge < -0.3 is 19.7 Å². The topological polar surface area (TPSA) is 50.8 Å². The average Bonchev–Trinajstić information content (AvgIpc) is 3.14. The minimum absolute atomic E-state index is 0. The van der Waals surface area contributed by atoms with E-state index in [1.54, 1.807) is 7.11 Å². The number of ether oxygens (including phenoxy) is 2. The van der Waals surface area contributed by atoms with Crippen molar-refractivity contribution >= 4 is 18.3 Å². The number of piperidine rings is 1. The highest BCUT2D eigenvalue weighted by Gasteiger charge is 2.30. The van der Waals surface area contributed by atoms with Crippen LogP contribution in [-0.4, -0.2) is 49.8 Å². The van der Waals surface area contributed by atoms with Crippen LogP contribution in [0.25, 0.3) is 0 Å². The van der Waals surface area contributed by atoms with Gasteiger partial charge in [-0.1, -0.05) is 12.1 Å². The number of amides is 1. The summed E-state index contributed by atoms with van der Waals surface area (Å²) in [6, 6.07) is 8.40. The van der Waals surface area contributed by atoms with Crippen LogP contribution in [0.1, 0.15) is 38.2 Å². The minimum Gasteiger partial charge on any atom is -0.497 e. The zero-order valence-electron chi connectivity index (χ0n) is 15.8. The van der Waals surface area contributed by atoms with Crippen LogP contribution in [-0.2, 0) is 16.1 Å². The molecule has 2 saturated heterocycles. The van der Waals surface area contributed by atoms with Gasteiger partial charge in [0.2, 0.25) is 5.91 Å². The van der Waals surface area contributed by atoms with Gasteiger partial charge in [0.25, 0.3) is 0 Å². The Morgan fingerprint density at radius 3 is 2.92 bits per heavy atom. The number of benzene rings is 1. The molecule has 146 valence electrons. The number of nitrogens with one attached hydrogen (secondary N) is 1. The van der Waals surface area contributed by atoms with Crippen LogP contribution >= 0.6 is 12.4 Å². The lowest BCUT2D eigenvalue weighted by molar-refractivity contribution is -0.139. The summed E-state index contributed by atoms with van der Waals surface area (Å²) >= 11 is 0. The van der Waals surface area contributed by atoms with Crippen LogP contribution in [0.5, 0.6) is 5.75 Å². The summed E-state index contributed by atoms with van der Waals surface area (Å²) in [5.41, 5.74) is 1.10. The second kappa shape index (κ2) is 10.1. The maximum Gasteiger partial charge on any atom is 0.226 e.